The van der Waals surface area contributed by atoms with E-state index in [4.69, 9.17) is 9.47 Å². The summed E-state index contributed by atoms with van der Waals surface area (Å²) < 4.78 is 10.1. The van der Waals surface area contributed by atoms with Crippen molar-refractivity contribution in [2.45, 2.75) is 19.3 Å². The average Bonchev–Trinajstić information content (AvgIpc) is 3.50. The first-order valence-electron chi connectivity index (χ1n) is 10.9. The third-order valence-corrected chi connectivity index (χ3v) is 7.38. The second kappa shape index (κ2) is 7.84. The molecule has 0 amide bonds. The van der Waals surface area contributed by atoms with Gasteiger partial charge in [-0.25, -0.2) is 9.59 Å². The molecule has 0 N–H and O–H groups in total. The van der Waals surface area contributed by atoms with E-state index in [-0.39, 0.29) is 23.8 Å². The molecule has 3 aliphatic rings. The van der Waals surface area contributed by atoms with Crippen LogP contribution in [0, 0.1) is 23.7 Å². The lowest BCUT2D eigenvalue weighted by molar-refractivity contribution is -0.140. The molecule has 4 atom stereocenters. The van der Waals surface area contributed by atoms with Gasteiger partial charge in [0.2, 0.25) is 0 Å². The van der Waals surface area contributed by atoms with Crippen LogP contribution in [-0.2, 0) is 19.1 Å². The molecule has 0 aromatic heterocycles. The van der Waals surface area contributed by atoms with Crippen LogP contribution in [0.4, 0.5) is 0 Å². The zero-order chi connectivity index (χ0) is 21.5. The van der Waals surface area contributed by atoms with Crippen molar-refractivity contribution < 1.29 is 19.1 Å². The summed E-state index contributed by atoms with van der Waals surface area (Å²) in [4.78, 5) is 25.2. The van der Waals surface area contributed by atoms with E-state index < -0.39 is 0 Å². The van der Waals surface area contributed by atoms with Gasteiger partial charge < -0.3 is 9.47 Å². The number of methoxy groups -OCH3 is 2. The molecule has 2 fully saturated rings. The summed E-state index contributed by atoms with van der Waals surface area (Å²) >= 11 is 0. The quantitative estimate of drug-likeness (QED) is 0.674. The number of carbonyl (C=O) groups is 2. The summed E-state index contributed by atoms with van der Waals surface area (Å²) in [5.41, 5.74) is 6.24. The largest absolute Gasteiger partial charge is 0.466 e. The number of ether oxygens (including phenoxy) is 2. The van der Waals surface area contributed by atoms with E-state index in [0.717, 1.165) is 19.3 Å². The van der Waals surface area contributed by atoms with Crippen LogP contribution in [0.1, 0.15) is 30.4 Å². The maximum absolute atomic E-state index is 12.6. The topological polar surface area (TPSA) is 52.6 Å². The Bertz CT molecular complexity index is 997. The van der Waals surface area contributed by atoms with Crippen molar-refractivity contribution in [2.24, 2.45) is 23.7 Å². The van der Waals surface area contributed by atoms with Gasteiger partial charge in [0.15, 0.2) is 0 Å². The standard InChI is InChI=1S/C27H26O4/c1-30-26(28)24-21-15-22(25(24)27(29)31-2)20-14-18(13-19(20)21)23(16-9-5-3-6-10-16)17-11-7-4-8-12-17/h3-12,19-22H,13-15H2,1-2H3. The Morgan fingerprint density at radius 1 is 0.710 bits per heavy atom. The van der Waals surface area contributed by atoms with Crippen LogP contribution >= 0.6 is 0 Å². The zero-order valence-corrected chi connectivity index (χ0v) is 17.8. The summed E-state index contributed by atoms with van der Waals surface area (Å²) in [6, 6.07) is 21.0. The molecule has 4 nitrogen and oxygen atoms in total. The summed E-state index contributed by atoms with van der Waals surface area (Å²) in [5.74, 6) is 0.115. The highest BCUT2D eigenvalue weighted by Crippen LogP contribution is 2.63. The average molecular weight is 415 g/mol. The van der Waals surface area contributed by atoms with Crippen molar-refractivity contribution in [1.82, 2.24) is 0 Å². The zero-order valence-electron chi connectivity index (χ0n) is 17.8. The molecular weight excluding hydrogens is 388 g/mol. The number of carbonyl (C=O) groups excluding carboxylic acids is 2. The van der Waals surface area contributed by atoms with Gasteiger partial charge in [-0.3, -0.25) is 0 Å². The first-order chi connectivity index (χ1) is 15.1. The highest BCUT2D eigenvalue weighted by atomic mass is 16.5. The van der Waals surface area contributed by atoms with Crippen molar-refractivity contribution in [1.29, 1.82) is 0 Å². The lowest BCUT2D eigenvalue weighted by Crippen LogP contribution is -2.28. The van der Waals surface area contributed by atoms with Crippen molar-refractivity contribution in [3.05, 3.63) is 88.5 Å². The smallest absolute Gasteiger partial charge is 0.334 e. The Kier molecular flexibility index (Phi) is 5.01. The van der Waals surface area contributed by atoms with Gasteiger partial charge in [0, 0.05) is 0 Å². The highest BCUT2D eigenvalue weighted by Gasteiger charge is 2.58. The summed E-state index contributed by atoms with van der Waals surface area (Å²) in [6.45, 7) is 0. The van der Waals surface area contributed by atoms with E-state index in [1.165, 1.54) is 36.5 Å². The molecule has 0 aliphatic heterocycles. The Labute approximate surface area is 182 Å². The fourth-order valence-corrected chi connectivity index (χ4v) is 6.25. The molecule has 0 spiro atoms. The van der Waals surface area contributed by atoms with Gasteiger partial charge in [-0.1, -0.05) is 66.2 Å². The number of benzene rings is 2. The first kappa shape index (κ1) is 19.8. The maximum atomic E-state index is 12.6. The molecule has 3 aliphatic carbocycles. The fourth-order valence-electron chi connectivity index (χ4n) is 6.25. The fraction of sp³-hybridized carbons (Fsp3) is 0.333. The third kappa shape index (κ3) is 3.13. The van der Waals surface area contributed by atoms with Gasteiger partial charge in [-0.05, 0) is 59.6 Å². The monoisotopic (exact) mass is 414 g/mol. The lowest BCUT2D eigenvalue weighted by Gasteiger charge is -2.27. The van der Waals surface area contributed by atoms with E-state index >= 15 is 0 Å². The van der Waals surface area contributed by atoms with Gasteiger partial charge in [0.1, 0.15) is 0 Å². The number of fused-ring (bicyclic) bond motifs is 5. The minimum Gasteiger partial charge on any atom is -0.466 e. The number of esters is 2. The van der Waals surface area contributed by atoms with Crippen LogP contribution in [0.5, 0.6) is 0 Å². The van der Waals surface area contributed by atoms with Crippen molar-refractivity contribution in [2.75, 3.05) is 14.2 Å². The third-order valence-electron chi connectivity index (χ3n) is 7.38. The molecule has 2 aromatic carbocycles. The van der Waals surface area contributed by atoms with Gasteiger partial charge >= 0.3 is 11.9 Å². The molecule has 4 unspecified atom stereocenters. The first-order valence-corrected chi connectivity index (χ1v) is 10.9. The summed E-state index contributed by atoms with van der Waals surface area (Å²) in [6.07, 6.45) is 2.74. The number of rotatable bonds is 4. The van der Waals surface area contributed by atoms with Gasteiger partial charge in [-0.2, -0.15) is 0 Å². The number of hydrogen-bond acceptors (Lipinski definition) is 4. The molecule has 158 valence electrons. The van der Waals surface area contributed by atoms with Crippen LogP contribution in [0.15, 0.2) is 77.4 Å². The second-order valence-corrected chi connectivity index (χ2v) is 8.71. The Hall–Kier alpha value is -3.14. The maximum Gasteiger partial charge on any atom is 0.334 e. The predicted molar refractivity (Wildman–Crippen MR) is 118 cm³/mol. The Morgan fingerprint density at radius 2 is 1.13 bits per heavy atom. The highest BCUT2D eigenvalue weighted by molar-refractivity contribution is 6.02. The van der Waals surface area contributed by atoms with E-state index in [2.05, 4.69) is 48.5 Å². The molecule has 2 bridgehead atoms. The second-order valence-electron chi connectivity index (χ2n) is 8.71. The predicted octanol–water partition coefficient (Wildman–Crippen LogP) is 4.81. The molecule has 2 aromatic rings. The van der Waals surface area contributed by atoms with E-state index in [0.29, 0.717) is 23.0 Å². The van der Waals surface area contributed by atoms with E-state index in [1.807, 2.05) is 12.1 Å². The van der Waals surface area contributed by atoms with Gasteiger partial charge in [0.05, 0.1) is 25.4 Å². The lowest BCUT2D eigenvalue weighted by atomic mass is 9.77. The number of hydrogen-bond donors (Lipinski definition) is 0. The molecular formula is C27H26O4. The van der Waals surface area contributed by atoms with E-state index in [1.54, 1.807) is 0 Å². The minimum atomic E-state index is -0.380. The normalized spacial score (nSPS) is 26.1. The molecule has 31 heavy (non-hydrogen) atoms. The molecule has 0 radical (unpaired) electrons. The summed E-state index contributed by atoms with van der Waals surface area (Å²) in [7, 11) is 2.77. The van der Waals surface area contributed by atoms with Crippen LogP contribution in [0.2, 0.25) is 0 Å². The van der Waals surface area contributed by atoms with Crippen molar-refractivity contribution in [3.8, 4) is 0 Å². The molecule has 0 saturated heterocycles. The molecule has 5 rings (SSSR count). The van der Waals surface area contributed by atoms with Gasteiger partial charge in [0.25, 0.3) is 0 Å². The van der Waals surface area contributed by atoms with Crippen LogP contribution in [-0.4, -0.2) is 26.2 Å². The Morgan fingerprint density at radius 3 is 1.52 bits per heavy atom. The van der Waals surface area contributed by atoms with Crippen LogP contribution in [0.3, 0.4) is 0 Å². The molecule has 4 heteroatoms. The Balaban J connectivity index is 1.58. The van der Waals surface area contributed by atoms with E-state index in [9.17, 15) is 9.59 Å². The SMILES string of the molecule is COC(=O)C1=C(C(=O)OC)C2CC1C1CC(=C(c3ccccc3)c3ccccc3)CC21. The van der Waals surface area contributed by atoms with Crippen molar-refractivity contribution >= 4 is 17.5 Å². The van der Waals surface area contributed by atoms with Crippen molar-refractivity contribution in [3.63, 3.8) is 0 Å². The van der Waals surface area contributed by atoms with Crippen LogP contribution < -0.4 is 0 Å². The summed E-state index contributed by atoms with van der Waals surface area (Å²) in [5, 5.41) is 0. The van der Waals surface area contributed by atoms with Gasteiger partial charge in [-0.15, -0.1) is 0 Å². The number of allylic oxidation sites excluding steroid dienone is 1. The molecule has 2 saturated carbocycles. The minimum absolute atomic E-state index is 0.0712. The molecule has 0 heterocycles. The van der Waals surface area contributed by atoms with Crippen LogP contribution in [0.25, 0.3) is 5.57 Å².